The fourth-order valence-electron chi connectivity index (χ4n) is 3.22. The van der Waals surface area contributed by atoms with E-state index in [1.807, 2.05) is 44.1 Å². The van der Waals surface area contributed by atoms with Gasteiger partial charge in [-0.15, -0.1) is 11.8 Å². The first-order valence-electron chi connectivity index (χ1n) is 10.8. The van der Waals surface area contributed by atoms with E-state index in [2.05, 4.69) is 4.90 Å². The van der Waals surface area contributed by atoms with Gasteiger partial charge in [-0.25, -0.2) is 9.37 Å². The van der Waals surface area contributed by atoms with Crippen molar-refractivity contribution in [3.63, 3.8) is 0 Å². The lowest BCUT2D eigenvalue weighted by atomic mass is 10.3. The molecule has 2 aromatic carbocycles. The molecule has 0 aliphatic carbocycles. The highest BCUT2D eigenvalue weighted by Crippen LogP contribution is 2.32. The van der Waals surface area contributed by atoms with Crippen LogP contribution in [0.25, 0.3) is 10.2 Å². The van der Waals surface area contributed by atoms with E-state index in [0.717, 1.165) is 51.1 Å². The molecular weight excluding hydrogens is 445 g/mol. The lowest BCUT2D eigenvalue weighted by Crippen LogP contribution is -2.33. The molecule has 0 unspecified atom stereocenters. The first kappa shape index (κ1) is 24.5. The number of halogens is 1. The van der Waals surface area contributed by atoms with Crippen LogP contribution in [0.3, 0.4) is 0 Å². The largest absolute Gasteiger partial charge is 0.494 e. The molecule has 0 aliphatic rings. The van der Waals surface area contributed by atoms with Crippen molar-refractivity contribution in [3.05, 3.63) is 48.3 Å². The van der Waals surface area contributed by atoms with Crippen molar-refractivity contribution in [3.8, 4) is 5.75 Å². The predicted octanol–water partition coefficient (Wildman–Crippen LogP) is 5.69. The molecule has 172 valence electrons. The first-order valence-corrected chi connectivity index (χ1v) is 12.6. The Bertz CT molecular complexity index is 1010. The molecule has 0 aliphatic heterocycles. The van der Waals surface area contributed by atoms with Gasteiger partial charge in [-0.2, -0.15) is 0 Å². The molecule has 1 amide bonds. The van der Waals surface area contributed by atoms with E-state index in [0.29, 0.717) is 19.6 Å². The number of carbonyl (C=O) groups excluding carboxylic acids is 1. The Hall–Kier alpha value is -2.16. The highest BCUT2D eigenvalue weighted by atomic mass is 32.2. The number of benzene rings is 2. The zero-order valence-corrected chi connectivity index (χ0v) is 20.5. The summed E-state index contributed by atoms with van der Waals surface area (Å²) in [6.45, 7) is 4.12. The fraction of sp³-hybridized carbons (Fsp3) is 0.417. The zero-order chi connectivity index (χ0) is 22.9. The Balaban J connectivity index is 1.65. The Labute approximate surface area is 197 Å². The summed E-state index contributed by atoms with van der Waals surface area (Å²) in [6.07, 6.45) is 2.09. The van der Waals surface area contributed by atoms with E-state index >= 15 is 0 Å². The van der Waals surface area contributed by atoms with Crippen LogP contribution in [0.1, 0.15) is 26.2 Å². The summed E-state index contributed by atoms with van der Waals surface area (Å²) in [5.41, 5.74) is 0.880. The SMILES string of the molecule is CCOc1ccc2nc(N(CCCN(C)C)C(=O)CCCSc3ccc(F)cc3)sc2c1. The van der Waals surface area contributed by atoms with Crippen LogP contribution in [0.5, 0.6) is 5.75 Å². The van der Waals surface area contributed by atoms with E-state index in [-0.39, 0.29) is 11.7 Å². The summed E-state index contributed by atoms with van der Waals surface area (Å²) in [7, 11) is 4.07. The number of fused-ring (bicyclic) bond motifs is 1. The maximum absolute atomic E-state index is 13.1. The highest BCUT2D eigenvalue weighted by molar-refractivity contribution is 7.99. The summed E-state index contributed by atoms with van der Waals surface area (Å²) < 4.78 is 19.7. The smallest absolute Gasteiger partial charge is 0.228 e. The van der Waals surface area contributed by atoms with Gasteiger partial charge in [0, 0.05) is 17.9 Å². The van der Waals surface area contributed by atoms with Crippen molar-refractivity contribution in [1.29, 1.82) is 0 Å². The number of nitrogens with zero attached hydrogens (tertiary/aromatic N) is 3. The molecule has 5 nitrogen and oxygen atoms in total. The summed E-state index contributed by atoms with van der Waals surface area (Å²) in [6, 6.07) is 12.3. The van der Waals surface area contributed by atoms with E-state index in [1.54, 1.807) is 23.9 Å². The van der Waals surface area contributed by atoms with Gasteiger partial charge in [0.25, 0.3) is 0 Å². The maximum atomic E-state index is 13.1. The van der Waals surface area contributed by atoms with Gasteiger partial charge < -0.3 is 9.64 Å². The number of hydrogen-bond acceptors (Lipinski definition) is 6. The van der Waals surface area contributed by atoms with Crippen LogP contribution >= 0.6 is 23.1 Å². The molecule has 0 radical (unpaired) electrons. The number of rotatable bonds is 12. The normalized spacial score (nSPS) is 11.3. The first-order chi connectivity index (χ1) is 15.5. The molecule has 3 aromatic rings. The molecule has 0 spiro atoms. The van der Waals surface area contributed by atoms with Crippen molar-refractivity contribution in [1.82, 2.24) is 9.88 Å². The van der Waals surface area contributed by atoms with Crippen molar-refractivity contribution in [2.75, 3.05) is 44.4 Å². The lowest BCUT2D eigenvalue weighted by molar-refractivity contribution is -0.118. The quantitative estimate of drug-likeness (QED) is 0.249. The molecule has 0 fully saturated rings. The minimum Gasteiger partial charge on any atom is -0.494 e. The minimum atomic E-state index is -0.234. The minimum absolute atomic E-state index is 0.0903. The Morgan fingerprint density at radius 1 is 1.12 bits per heavy atom. The predicted molar refractivity (Wildman–Crippen MR) is 133 cm³/mol. The van der Waals surface area contributed by atoms with Gasteiger partial charge >= 0.3 is 0 Å². The van der Waals surface area contributed by atoms with Crippen LogP contribution in [0.4, 0.5) is 9.52 Å². The second-order valence-electron chi connectivity index (χ2n) is 7.67. The van der Waals surface area contributed by atoms with Crippen molar-refractivity contribution >= 4 is 44.4 Å². The molecule has 1 aromatic heterocycles. The zero-order valence-electron chi connectivity index (χ0n) is 18.8. The third-order valence-electron chi connectivity index (χ3n) is 4.80. The molecule has 0 saturated heterocycles. The Morgan fingerprint density at radius 3 is 2.62 bits per heavy atom. The number of carbonyl (C=O) groups is 1. The van der Waals surface area contributed by atoms with Crippen molar-refractivity contribution in [2.24, 2.45) is 0 Å². The number of thiazole rings is 1. The van der Waals surface area contributed by atoms with Gasteiger partial charge in [0.1, 0.15) is 11.6 Å². The molecule has 8 heteroatoms. The maximum Gasteiger partial charge on any atom is 0.228 e. The van der Waals surface area contributed by atoms with Gasteiger partial charge in [0.15, 0.2) is 5.13 Å². The molecule has 0 N–H and O–H groups in total. The van der Waals surface area contributed by atoms with E-state index < -0.39 is 0 Å². The fourth-order valence-corrected chi connectivity index (χ4v) is 5.11. The summed E-state index contributed by atoms with van der Waals surface area (Å²) in [5, 5.41) is 0.739. The van der Waals surface area contributed by atoms with Gasteiger partial charge in [0.2, 0.25) is 5.91 Å². The Morgan fingerprint density at radius 2 is 1.91 bits per heavy atom. The number of amides is 1. The van der Waals surface area contributed by atoms with Crippen LogP contribution in [-0.2, 0) is 4.79 Å². The second kappa shape index (κ2) is 12.2. The lowest BCUT2D eigenvalue weighted by Gasteiger charge is -2.21. The topological polar surface area (TPSA) is 45.7 Å². The second-order valence-corrected chi connectivity index (χ2v) is 9.84. The molecule has 0 saturated carbocycles. The number of aromatic nitrogens is 1. The van der Waals surface area contributed by atoms with E-state index in [9.17, 15) is 9.18 Å². The van der Waals surface area contributed by atoms with Crippen molar-refractivity contribution < 1.29 is 13.9 Å². The number of anilines is 1. The van der Waals surface area contributed by atoms with Crippen LogP contribution in [0, 0.1) is 5.82 Å². The monoisotopic (exact) mass is 475 g/mol. The van der Waals surface area contributed by atoms with Gasteiger partial charge in [-0.1, -0.05) is 11.3 Å². The summed E-state index contributed by atoms with van der Waals surface area (Å²) in [5.74, 6) is 1.48. The third-order valence-corrected chi connectivity index (χ3v) is 6.94. The molecule has 32 heavy (non-hydrogen) atoms. The highest BCUT2D eigenvalue weighted by Gasteiger charge is 2.19. The standard InChI is InChI=1S/C24H30FN3O2S2/c1-4-30-19-10-13-21-22(17-19)32-24(26-21)28(15-6-14-27(2)3)23(29)7-5-16-31-20-11-8-18(25)9-12-20/h8-13,17H,4-7,14-16H2,1-3H3. The molecule has 0 atom stereocenters. The molecule has 1 heterocycles. The average molecular weight is 476 g/mol. The average Bonchev–Trinajstić information content (AvgIpc) is 3.18. The van der Waals surface area contributed by atoms with Crippen LogP contribution in [0.2, 0.25) is 0 Å². The van der Waals surface area contributed by atoms with Gasteiger partial charge in [0.05, 0.1) is 16.8 Å². The van der Waals surface area contributed by atoms with Crippen molar-refractivity contribution in [2.45, 2.75) is 31.1 Å². The van der Waals surface area contributed by atoms with Crippen LogP contribution in [-0.4, -0.2) is 55.3 Å². The van der Waals surface area contributed by atoms with Crippen LogP contribution < -0.4 is 9.64 Å². The summed E-state index contributed by atoms with van der Waals surface area (Å²) in [4.78, 5) is 22.8. The number of hydrogen-bond donors (Lipinski definition) is 0. The molecule has 3 rings (SSSR count). The van der Waals surface area contributed by atoms with Gasteiger partial charge in [-0.05, 0) is 88.6 Å². The number of ether oxygens (including phenoxy) is 1. The Kier molecular flexibility index (Phi) is 9.32. The number of thioether (sulfide) groups is 1. The van der Waals surface area contributed by atoms with E-state index in [1.165, 1.54) is 23.5 Å². The molecule has 0 bridgehead atoms. The molecular formula is C24H30FN3O2S2. The van der Waals surface area contributed by atoms with Gasteiger partial charge in [-0.3, -0.25) is 9.69 Å². The summed E-state index contributed by atoms with van der Waals surface area (Å²) >= 11 is 3.17. The third kappa shape index (κ3) is 7.18. The van der Waals surface area contributed by atoms with E-state index in [4.69, 9.17) is 9.72 Å². The van der Waals surface area contributed by atoms with Crippen LogP contribution in [0.15, 0.2) is 47.4 Å².